The molecule has 8 heteroatoms. The molecule has 1 atom stereocenters. The van der Waals surface area contributed by atoms with E-state index in [9.17, 15) is 9.18 Å². The lowest BCUT2D eigenvalue weighted by Crippen LogP contribution is -2.33. The van der Waals surface area contributed by atoms with Gasteiger partial charge in [-0.25, -0.2) is 8.78 Å². The molecule has 1 amide bonds. The predicted molar refractivity (Wildman–Crippen MR) is 112 cm³/mol. The van der Waals surface area contributed by atoms with Crippen molar-refractivity contribution in [3.05, 3.63) is 92.0 Å². The number of aromatic amines is 1. The van der Waals surface area contributed by atoms with Crippen LogP contribution in [0.15, 0.2) is 47.7 Å². The molecule has 5 rings (SSSR count). The molecule has 2 aliphatic rings. The van der Waals surface area contributed by atoms with E-state index in [4.69, 9.17) is 0 Å². The van der Waals surface area contributed by atoms with Gasteiger partial charge >= 0.3 is 0 Å². The molecule has 3 aromatic rings. The van der Waals surface area contributed by atoms with Gasteiger partial charge in [-0.3, -0.25) is 9.79 Å². The third kappa shape index (κ3) is 3.62. The molecule has 2 aromatic carbocycles. The second-order valence-corrected chi connectivity index (χ2v) is 8.04. The van der Waals surface area contributed by atoms with Crippen molar-refractivity contribution in [1.29, 1.82) is 0 Å². The third-order valence-electron chi connectivity index (χ3n) is 5.99. The second-order valence-electron chi connectivity index (χ2n) is 8.04. The number of fused-ring (bicyclic) bond motifs is 1. The van der Waals surface area contributed by atoms with Crippen LogP contribution in [0.3, 0.4) is 0 Å². The summed E-state index contributed by atoms with van der Waals surface area (Å²) in [5, 5.41) is 12.4. The van der Waals surface area contributed by atoms with Crippen LogP contribution < -0.4 is 15.0 Å². The Morgan fingerprint density at radius 2 is 2.06 bits per heavy atom. The summed E-state index contributed by atoms with van der Waals surface area (Å²) < 4.78 is 31.6. The highest BCUT2D eigenvalue weighted by atomic mass is 19.1. The van der Waals surface area contributed by atoms with E-state index in [1.165, 1.54) is 12.1 Å². The molecule has 6 nitrogen and oxygen atoms in total. The van der Waals surface area contributed by atoms with Crippen LogP contribution in [0.25, 0.3) is 6.08 Å². The lowest BCUT2D eigenvalue weighted by Gasteiger charge is -2.09. The molecule has 0 radical (unpaired) electrons. The number of nitrogens with zero attached hydrogens (tertiary/aromatic N) is 3. The van der Waals surface area contributed by atoms with Crippen LogP contribution in [0.5, 0.6) is 0 Å². The molecule has 2 heterocycles. The number of carbonyl (C=O) groups is 1. The molecular weight excluding hydrogens is 412 g/mol. The Hall–Kier alpha value is -3.68. The Bertz CT molecular complexity index is 1580. The zero-order valence-electron chi connectivity index (χ0n) is 17.5. The van der Waals surface area contributed by atoms with Crippen molar-refractivity contribution in [2.45, 2.75) is 38.6 Å². The van der Waals surface area contributed by atoms with E-state index in [-0.39, 0.29) is 22.4 Å². The summed E-state index contributed by atoms with van der Waals surface area (Å²) >= 11 is 0. The van der Waals surface area contributed by atoms with E-state index in [0.29, 0.717) is 28.8 Å². The highest BCUT2D eigenvalue weighted by Gasteiger charge is 2.25. The van der Waals surface area contributed by atoms with Gasteiger partial charge in [0, 0.05) is 63.9 Å². The van der Waals surface area contributed by atoms with Crippen molar-refractivity contribution in [2.24, 2.45) is 4.99 Å². The van der Waals surface area contributed by atoms with Crippen LogP contribution in [-0.4, -0.2) is 22.3 Å². The van der Waals surface area contributed by atoms with Crippen molar-refractivity contribution in [3.63, 3.8) is 0 Å². The second kappa shape index (κ2) is 8.11. The number of amides is 1. The summed E-state index contributed by atoms with van der Waals surface area (Å²) in [5.41, 5.74) is 1.84. The molecule has 0 bridgehead atoms. The summed E-state index contributed by atoms with van der Waals surface area (Å²) in [4.78, 5) is 15.8. The van der Waals surface area contributed by atoms with Gasteiger partial charge < -0.3 is 5.32 Å². The van der Waals surface area contributed by atoms with Crippen LogP contribution in [-0.2, 0) is 4.79 Å². The maximum Gasteiger partial charge on any atom is 0.219 e. The summed E-state index contributed by atoms with van der Waals surface area (Å²) in [6.07, 6.45) is 7.81. The third-order valence-corrected chi connectivity index (χ3v) is 5.99. The minimum atomic E-state index is -0.516. The number of rotatable bonds is 2. The first-order valence-corrected chi connectivity index (χ1v) is 10.6. The number of benzene rings is 2. The molecule has 0 unspecified atom stereocenters. The largest absolute Gasteiger partial charge is 0.353 e. The van der Waals surface area contributed by atoms with Crippen molar-refractivity contribution in [1.82, 2.24) is 15.6 Å². The maximum atomic E-state index is 15.1. The molecule has 2 N–H and O–H groups in total. The Morgan fingerprint density at radius 1 is 1.22 bits per heavy atom. The highest BCUT2D eigenvalue weighted by Crippen LogP contribution is 2.20. The van der Waals surface area contributed by atoms with Gasteiger partial charge in [-0.05, 0) is 30.7 Å². The number of halogens is 2. The maximum absolute atomic E-state index is 15.1. The monoisotopic (exact) mass is 434 g/mol. The molecule has 1 fully saturated rings. The number of carbonyl (C=O) groups excluding carboxylic acids is 1. The zero-order valence-corrected chi connectivity index (χ0v) is 17.5. The van der Waals surface area contributed by atoms with Gasteiger partial charge in [0.1, 0.15) is 17.3 Å². The van der Waals surface area contributed by atoms with Gasteiger partial charge in [0.2, 0.25) is 17.5 Å². The summed E-state index contributed by atoms with van der Waals surface area (Å²) in [7, 11) is 0. The first-order valence-electron chi connectivity index (χ1n) is 10.6. The first kappa shape index (κ1) is 20.2. The molecule has 162 valence electrons. The van der Waals surface area contributed by atoms with Crippen LogP contribution in [0.4, 0.5) is 8.78 Å². The SMILES string of the molecule is CCC(=O)N[C@H]1CC/C(=[n+]2/[nH]nc/c2=c2\cc/c(=c3\cc4c(cc3F)=NC=C4)c(F)c2)C1. The Morgan fingerprint density at radius 3 is 2.88 bits per heavy atom. The average molecular weight is 434 g/mol. The number of hydrogen-bond donors (Lipinski definition) is 2. The summed E-state index contributed by atoms with van der Waals surface area (Å²) in [6.45, 7) is 1.83. The molecule has 1 aliphatic heterocycles. The van der Waals surface area contributed by atoms with Crippen LogP contribution >= 0.6 is 0 Å². The van der Waals surface area contributed by atoms with Crippen molar-refractivity contribution >= 4 is 12.0 Å². The first-order chi connectivity index (χ1) is 15.5. The fourth-order valence-electron chi connectivity index (χ4n) is 4.31. The van der Waals surface area contributed by atoms with Crippen LogP contribution in [0.2, 0.25) is 0 Å². The van der Waals surface area contributed by atoms with Gasteiger partial charge in [-0.15, -0.1) is 4.36 Å². The number of H-pyrrole nitrogens is 1. The van der Waals surface area contributed by atoms with E-state index < -0.39 is 11.6 Å². The van der Waals surface area contributed by atoms with Gasteiger partial charge in [0.25, 0.3) is 0 Å². The molecule has 1 aliphatic carbocycles. The topological polar surface area (TPSA) is 76.0 Å². The number of aromatic nitrogens is 3. The Labute approximate surface area is 181 Å². The molecule has 1 aromatic heterocycles. The fraction of sp³-hybridized carbons (Fsp3) is 0.250. The lowest BCUT2D eigenvalue weighted by molar-refractivity contribution is -0.601. The molecule has 0 saturated heterocycles. The van der Waals surface area contributed by atoms with Crippen molar-refractivity contribution in [3.8, 4) is 0 Å². The van der Waals surface area contributed by atoms with Gasteiger partial charge in [0.05, 0.1) is 5.36 Å². The Balaban J connectivity index is 1.66. The van der Waals surface area contributed by atoms with Crippen molar-refractivity contribution < 1.29 is 17.9 Å². The van der Waals surface area contributed by atoms with Crippen LogP contribution in [0, 0.1) is 38.4 Å². The molecular formula is C24H22F2N5O+. The molecule has 32 heavy (non-hydrogen) atoms. The summed E-state index contributed by atoms with van der Waals surface area (Å²) in [5.74, 6) is -0.993. The smallest absolute Gasteiger partial charge is 0.219 e. The normalized spacial score (nSPS) is 20.8. The minimum Gasteiger partial charge on any atom is -0.353 e. The fourth-order valence-corrected chi connectivity index (χ4v) is 4.31. The van der Waals surface area contributed by atoms with Crippen molar-refractivity contribution in [2.75, 3.05) is 0 Å². The van der Waals surface area contributed by atoms with E-state index in [1.54, 1.807) is 36.7 Å². The predicted octanol–water partition coefficient (Wildman–Crippen LogP) is 2.61. The molecule has 0 spiro atoms. The minimum absolute atomic E-state index is 0.0340. The molecule has 1 saturated carbocycles. The number of hydrogen-bond acceptors (Lipinski definition) is 3. The lowest BCUT2D eigenvalue weighted by atomic mass is 10.1. The zero-order chi connectivity index (χ0) is 22.2. The van der Waals surface area contributed by atoms with E-state index in [2.05, 4.69) is 20.6 Å². The number of nitrogens with one attached hydrogen (secondary N) is 2. The van der Waals surface area contributed by atoms with Gasteiger partial charge in [-0.1, -0.05) is 18.2 Å². The van der Waals surface area contributed by atoms with Gasteiger partial charge in [0.15, 0.2) is 0 Å². The van der Waals surface area contributed by atoms with E-state index in [1.807, 2.05) is 11.3 Å². The van der Waals surface area contributed by atoms with Gasteiger partial charge in [-0.2, -0.15) is 0 Å². The standard InChI is InChI=1S/C24H21F2N5O/c1-2-24(32)29-16-4-5-17(11-16)31-23(13-28-30-31)15-3-6-18(20(25)10-15)19-9-14-7-8-27-22(14)12-21(19)26/h3,6-10,12-13,16H,2,4-5,11H2,1H3,(H-,27,29,30,32)/p+1/b31-17-/t16-/m0/s1. The quantitative estimate of drug-likeness (QED) is 0.609. The average Bonchev–Trinajstić information content (AvgIpc) is 3.53. The highest BCUT2D eigenvalue weighted by molar-refractivity contribution is 5.75. The van der Waals surface area contributed by atoms with E-state index >= 15 is 4.39 Å². The summed E-state index contributed by atoms with van der Waals surface area (Å²) in [6, 6.07) is 7.78. The Kier molecular flexibility index (Phi) is 5.13. The van der Waals surface area contributed by atoms with Crippen LogP contribution in [0.1, 0.15) is 38.2 Å². The van der Waals surface area contributed by atoms with E-state index in [0.717, 1.165) is 24.1 Å².